The molecule has 0 aliphatic rings. The van der Waals surface area contributed by atoms with Crippen molar-refractivity contribution in [3.63, 3.8) is 0 Å². The summed E-state index contributed by atoms with van der Waals surface area (Å²) in [7, 11) is -2.81. The molecule has 0 aliphatic carbocycles. The van der Waals surface area contributed by atoms with Gasteiger partial charge in [0.1, 0.15) is 18.3 Å². The molecule has 0 aliphatic heterocycles. The monoisotopic (exact) mass is 675 g/mol. The van der Waals surface area contributed by atoms with Crippen molar-refractivity contribution in [2.24, 2.45) is 0 Å². The van der Waals surface area contributed by atoms with Crippen LogP contribution in [0.2, 0.25) is 5.02 Å². The fourth-order valence-electron chi connectivity index (χ4n) is 5.13. The first-order chi connectivity index (χ1) is 22.4. The highest BCUT2D eigenvalue weighted by Gasteiger charge is 2.36. The summed E-state index contributed by atoms with van der Waals surface area (Å²) in [4.78, 5) is 30.2. The smallest absolute Gasteiger partial charge is 0.264 e. The lowest BCUT2D eigenvalue weighted by Crippen LogP contribution is -2.54. The van der Waals surface area contributed by atoms with E-state index in [9.17, 15) is 18.0 Å². The molecule has 4 aromatic rings. The zero-order valence-corrected chi connectivity index (χ0v) is 29.0. The fraction of sp³-hybridized carbons (Fsp3) is 0.297. The maximum Gasteiger partial charge on any atom is 0.264 e. The lowest BCUT2D eigenvalue weighted by molar-refractivity contribution is -0.140. The Kier molecular flexibility index (Phi) is 12.1. The highest BCUT2D eigenvalue weighted by Crippen LogP contribution is 2.34. The number of amides is 2. The van der Waals surface area contributed by atoms with E-state index in [1.165, 1.54) is 24.1 Å². The normalized spacial score (nSPS) is 12.6. The maximum absolute atomic E-state index is 14.7. The van der Waals surface area contributed by atoms with Gasteiger partial charge in [0.2, 0.25) is 11.8 Å². The van der Waals surface area contributed by atoms with E-state index in [-0.39, 0.29) is 35.5 Å². The number of methoxy groups -OCH3 is 1. The van der Waals surface area contributed by atoms with Crippen molar-refractivity contribution < 1.29 is 22.7 Å². The Morgan fingerprint density at radius 1 is 0.872 bits per heavy atom. The Morgan fingerprint density at radius 3 is 2.13 bits per heavy atom. The van der Waals surface area contributed by atoms with Crippen LogP contribution in [0.4, 0.5) is 5.69 Å². The molecule has 47 heavy (non-hydrogen) atoms. The minimum atomic E-state index is -4.27. The molecule has 8 nitrogen and oxygen atoms in total. The molecule has 0 saturated carbocycles. The number of anilines is 1. The Labute approximate surface area is 283 Å². The van der Waals surface area contributed by atoms with E-state index in [2.05, 4.69) is 5.32 Å². The van der Waals surface area contributed by atoms with E-state index in [0.29, 0.717) is 17.2 Å². The van der Waals surface area contributed by atoms with Crippen LogP contribution in [0.15, 0.2) is 102 Å². The molecule has 2 unspecified atom stereocenters. The highest BCUT2D eigenvalue weighted by molar-refractivity contribution is 7.92. The molecule has 248 valence electrons. The molecule has 0 bridgehead atoms. The SMILES string of the molecule is CCC(C)NC(=O)C(Cc1ccccc1)N(Cc1ccc(Cl)cc1)C(=O)CN(c1cc(C)ccc1OC)S(=O)(=O)c1ccc(C)cc1. The molecule has 0 aromatic heterocycles. The van der Waals surface area contributed by atoms with Gasteiger partial charge in [-0.05, 0) is 80.3 Å². The number of sulfonamides is 1. The number of nitrogens with zero attached hydrogens (tertiary/aromatic N) is 2. The van der Waals surface area contributed by atoms with Crippen LogP contribution in [-0.4, -0.2) is 50.9 Å². The minimum absolute atomic E-state index is 0.0269. The van der Waals surface area contributed by atoms with Crippen LogP contribution in [0, 0.1) is 13.8 Å². The number of aryl methyl sites for hydroxylation is 2. The number of nitrogens with one attached hydrogen (secondary N) is 1. The summed E-state index contributed by atoms with van der Waals surface area (Å²) in [6.07, 6.45) is 0.922. The van der Waals surface area contributed by atoms with Crippen LogP contribution in [-0.2, 0) is 32.6 Å². The minimum Gasteiger partial charge on any atom is -0.495 e. The molecular weight excluding hydrogens is 634 g/mol. The second-order valence-electron chi connectivity index (χ2n) is 11.7. The summed E-state index contributed by atoms with van der Waals surface area (Å²) < 4.78 is 35.4. The van der Waals surface area contributed by atoms with Crippen molar-refractivity contribution in [3.8, 4) is 5.75 Å². The second kappa shape index (κ2) is 16.0. The Balaban J connectivity index is 1.85. The molecule has 2 atom stereocenters. The zero-order valence-electron chi connectivity index (χ0n) is 27.4. The van der Waals surface area contributed by atoms with E-state index < -0.39 is 28.5 Å². The number of carbonyl (C=O) groups is 2. The van der Waals surface area contributed by atoms with Crippen LogP contribution in [0.1, 0.15) is 42.5 Å². The summed E-state index contributed by atoms with van der Waals surface area (Å²) in [6.45, 7) is 7.05. The average molecular weight is 676 g/mol. The molecule has 0 saturated heterocycles. The van der Waals surface area contributed by atoms with Crippen molar-refractivity contribution in [2.45, 2.75) is 64.1 Å². The largest absolute Gasteiger partial charge is 0.495 e. The Morgan fingerprint density at radius 2 is 1.51 bits per heavy atom. The predicted octanol–water partition coefficient (Wildman–Crippen LogP) is 6.72. The standard InChI is InChI=1S/C37H42ClN3O5S/c1-6-28(4)39-37(43)34(23-29-10-8-7-9-11-29)40(24-30-15-17-31(38)18-16-30)36(42)25-41(33-22-27(3)14-21-35(33)46-5)47(44,45)32-19-12-26(2)13-20-32/h7-22,28,34H,6,23-25H2,1-5H3,(H,39,43). The summed E-state index contributed by atoms with van der Waals surface area (Å²) in [6, 6.07) is 27.0. The maximum atomic E-state index is 14.7. The Hall–Kier alpha value is -4.34. The third kappa shape index (κ3) is 9.14. The van der Waals surface area contributed by atoms with E-state index in [1.807, 2.05) is 64.1 Å². The molecule has 1 N–H and O–H groups in total. The van der Waals surface area contributed by atoms with Crippen molar-refractivity contribution in [1.82, 2.24) is 10.2 Å². The first-order valence-corrected chi connectivity index (χ1v) is 17.4. The second-order valence-corrected chi connectivity index (χ2v) is 14.0. The van der Waals surface area contributed by atoms with Gasteiger partial charge in [0.25, 0.3) is 10.0 Å². The zero-order chi connectivity index (χ0) is 34.1. The fourth-order valence-corrected chi connectivity index (χ4v) is 6.67. The van der Waals surface area contributed by atoms with Gasteiger partial charge in [-0.15, -0.1) is 0 Å². The third-order valence-electron chi connectivity index (χ3n) is 8.03. The lowest BCUT2D eigenvalue weighted by atomic mass is 10.0. The molecule has 0 radical (unpaired) electrons. The quantitative estimate of drug-likeness (QED) is 0.160. The molecule has 4 rings (SSSR count). The van der Waals surface area contributed by atoms with Crippen molar-refractivity contribution in [1.29, 1.82) is 0 Å². The topological polar surface area (TPSA) is 96.0 Å². The lowest BCUT2D eigenvalue weighted by Gasteiger charge is -2.34. The van der Waals surface area contributed by atoms with Crippen LogP contribution >= 0.6 is 11.6 Å². The summed E-state index contributed by atoms with van der Waals surface area (Å²) in [5.41, 5.74) is 3.49. The molecule has 4 aromatic carbocycles. The van der Waals surface area contributed by atoms with Crippen molar-refractivity contribution in [2.75, 3.05) is 18.0 Å². The number of benzene rings is 4. The van der Waals surface area contributed by atoms with E-state index in [0.717, 1.165) is 26.6 Å². The van der Waals surface area contributed by atoms with Crippen LogP contribution in [0.5, 0.6) is 5.75 Å². The van der Waals surface area contributed by atoms with Crippen molar-refractivity contribution in [3.05, 3.63) is 124 Å². The molecule has 2 amide bonds. The van der Waals surface area contributed by atoms with Gasteiger partial charge >= 0.3 is 0 Å². The van der Waals surface area contributed by atoms with E-state index >= 15 is 0 Å². The molecule has 0 heterocycles. The van der Waals surface area contributed by atoms with Gasteiger partial charge in [0.05, 0.1) is 17.7 Å². The average Bonchev–Trinajstić information content (AvgIpc) is 3.06. The van der Waals surface area contributed by atoms with Gasteiger partial charge in [-0.3, -0.25) is 13.9 Å². The van der Waals surface area contributed by atoms with Crippen LogP contribution < -0.4 is 14.4 Å². The number of rotatable bonds is 14. The van der Waals surface area contributed by atoms with Gasteiger partial charge in [0.15, 0.2) is 0 Å². The molecule has 0 fully saturated rings. The van der Waals surface area contributed by atoms with Gasteiger partial charge in [-0.2, -0.15) is 0 Å². The molecule has 10 heteroatoms. The van der Waals surface area contributed by atoms with Crippen LogP contribution in [0.25, 0.3) is 0 Å². The van der Waals surface area contributed by atoms with E-state index in [1.54, 1.807) is 48.5 Å². The highest BCUT2D eigenvalue weighted by atomic mass is 35.5. The first kappa shape index (κ1) is 35.5. The summed E-state index contributed by atoms with van der Waals surface area (Å²) >= 11 is 6.17. The number of halogens is 1. The van der Waals surface area contributed by atoms with Gasteiger partial charge in [0, 0.05) is 24.0 Å². The first-order valence-electron chi connectivity index (χ1n) is 15.5. The number of hydrogen-bond acceptors (Lipinski definition) is 5. The van der Waals surface area contributed by atoms with Crippen LogP contribution in [0.3, 0.4) is 0 Å². The van der Waals surface area contributed by atoms with Gasteiger partial charge < -0.3 is 15.0 Å². The number of ether oxygens (including phenoxy) is 1. The number of hydrogen-bond donors (Lipinski definition) is 1. The summed E-state index contributed by atoms with van der Waals surface area (Å²) in [5, 5.41) is 3.58. The molecular formula is C37H42ClN3O5S. The van der Waals surface area contributed by atoms with Crippen molar-refractivity contribution >= 4 is 39.1 Å². The number of carbonyl (C=O) groups excluding carboxylic acids is 2. The summed E-state index contributed by atoms with van der Waals surface area (Å²) in [5.74, 6) is -0.593. The third-order valence-corrected chi connectivity index (χ3v) is 10.1. The van der Waals surface area contributed by atoms with Gasteiger partial charge in [-0.25, -0.2) is 8.42 Å². The Bertz CT molecular complexity index is 1760. The molecule has 0 spiro atoms. The predicted molar refractivity (Wildman–Crippen MR) is 187 cm³/mol. The van der Waals surface area contributed by atoms with E-state index in [4.69, 9.17) is 16.3 Å². The van der Waals surface area contributed by atoms with Gasteiger partial charge in [-0.1, -0.05) is 84.8 Å².